The summed E-state index contributed by atoms with van der Waals surface area (Å²) in [5.41, 5.74) is 0.936. The molecule has 22 heavy (non-hydrogen) atoms. The minimum absolute atomic E-state index is 0.140. The van der Waals surface area contributed by atoms with Crippen LogP contribution in [0.5, 0.6) is 5.75 Å². The van der Waals surface area contributed by atoms with Crippen molar-refractivity contribution in [3.63, 3.8) is 0 Å². The molecule has 1 aliphatic rings. The van der Waals surface area contributed by atoms with E-state index in [4.69, 9.17) is 9.15 Å². The molecule has 1 N–H and O–H groups in total. The third-order valence-electron chi connectivity index (χ3n) is 3.02. The van der Waals surface area contributed by atoms with Gasteiger partial charge in [0.2, 0.25) is 0 Å². The molecule has 2 aromatic rings. The summed E-state index contributed by atoms with van der Waals surface area (Å²) in [5.74, 6) is 1.40. The van der Waals surface area contributed by atoms with Crippen LogP contribution in [0.25, 0.3) is 6.08 Å². The number of furan rings is 1. The number of nitrogens with one attached hydrogen (secondary N) is 1. The average Bonchev–Trinajstić information content (AvgIpc) is 3.16. The fourth-order valence-electron chi connectivity index (χ4n) is 1.91. The van der Waals surface area contributed by atoms with Crippen LogP contribution in [-0.2, 0) is 11.3 Å². The summed E-state index contributed by atoms with van der Waals surface area (Å²) in [4.78, 5) is 16.9. The van der Waals surface area contributed by atoms with Gasteiger partial charge in [-0.1, -0.05) is 12.1 Å². The number of aliphatic imine (C=N–C) groups is 1. The third kappa shape index (κ3) is 3.40. The lowest BCUT2D eigenvalue weighted by molar-refractivity contribution is -0.115. The van der Waals surface area contributed by atoms with E-state index in [1.807, 2.05) is 42.5 Å². The van der Waals surface area contributed by atoms with Gasteiger partial charge in [0, 0.05) is 0 Å². The van der Waals surface area contributed by atoms with Gasteiger partial charge in [-0.25, -0.2) is 0 Å². The molecule has 0 spiro atoms. The van der Waals surface area contributed by atoms with E-state index < -0.39 is 0 Å². The molecule has 1 aromatic carbocycles. The summed E-state index contributed by atoms with van der Waals surface area (Å²) >= 11 is 1.32. The normalized spacial score (nSPS) is 18.0. The van der Waals surface area contributed by atoms with Gasteiger partial charge in [-0.2, -0.15) is 0 Å². The van der Waals surface area contributed by atoms with E-state index in [0.29, 0.717) is 16.6 Å². The van der Waals surface area contributed by atoms with Crippen molar-refractivity contribution in [2.45, 2.75) is 6.54 Å². The third-order valence-corrected chi connectivity index (χ3v) is 3.97. The second-order valence-corrected chi connectivity index (χ2v) is 5.57. The van der Waals surface area contributed by atoms with Crippen LogP contribution in [0.4, 0.5) is 0 Å². The Morgan fingerprint density at radius 2 is 2.14 bits per heavy atom. The molecule has 0 radical (unpaired) electrons. The SMILES string of the molecule is COc1ccc(/C=C2\SC(=NCc3ccco3)NC2=O)cc1. The van der Waals surface area contributed by atoms with Crippen LogP contribution in [0.3, 0.4) is 0 Å². The van der Waals surface area contributed by atoms with Crippen LogP contribution in [0, 0.1) is 0 Å². The Kier molecular flexibility index (Phi) is 4.29. The highest BCUT2D eigenvalue weighted by Crippen LogP contribution is 2.26. The quantitative estimate of drug-likeness (QED) is 0.881. The zero-order chi connectivity index (χ0) is 15.4. The maximum absolute atomic E-state index is 11.9. The van der Waals surface area contributed by atoms with Gasteiger partial charge in [-0.15, -0.1) is 0 Å². The number of hydrogen-bond donors (Lipinski definition) is 1. The van der Waals surface area contributed by atoms with E-state index in [-0.39, 0.29) is 5.91 Å². The number of carbonyl (C=O) groups is 1. The van der Waals surface area contributed by atoms with Crippen LogP contribution in [-0.4, -0.2) is 18.2 Å². The zero-order valence-electron chi connectivity index (χ0n) is 11.9. The summed E-state index contributed by atoms with van der Waals surface area (Å²) in [6.45, 7) is 0.408. The maximum atomic E-state index is 11.9. The van der Waals surface area contributed by atoms with Crippen molar-refractivity contribution in [1.82, 2.24) is 5.32 Å². The molecule has 0 unspecified atom stereocenters. The van der Waals surface area contributed by atoms with Gasteiger partial charge in [0.15, 0.2) is 5.17 Å². The number of methoxy groups -OCH3 is 1. The Morgan fingerprint density at radius 1 is 1.32 bits per heavy atom. The molecule has 112 valence electrons. The number of rotatable bonds is 4. The van der Waals surface area contributed by atoms with Crippen molar-refractivity contribution in [1.29, 1.82) is 0 Å². The van der Waals surface area contributed by atoms with Crippen molar-refractivity contribution in [2.75, 3.05) is 7.11 Å². The molecular formula is C16H14N2O3S. The van der Waals surface area contributed by atoms with Crippen molar-refractivity contribution in [2.24, 2.45) is 4.99 Å². The summed E-state index contributed by atoms with van der Waals surface area (Å²) in [5, 5.41) is 3.33. The number of carbonyl (C=O) groups excluding carboxylic acids is 1. The van der Waals surface area contributed by atoms with E-state index in [1.165, 1.54) is 11.8 Å². The van der Waals surface area contributed by atoms with Crippen molar-refractivity contribution in [3.05, 3.63) is 58.9 Å². The molecular weight excluding hydrogens is 300 g/mol. The Balaban J connectivity index is 1.70. The monoisotopic (exact) mass is 314 g/mol. The van der Waals surface area contributed by atoms with E-state index in [2.05, 4.69) is 10.3 Å². The minimum atomic E-state index is -0.140. The number of thioether (sulfide) groups is 1. The lowest BCUT2D eigenvalue weighted by Crippen LogP contribution is -2.19. The Bertz CT molecular complexity index is 718. The highest BCUT2D eigenvalue weighted by molar-refractivity contribution is 8.18. The highest BCUT2D eigenvalue weighted by atomic mass is 32.2. The second kappa shape index (κ2) is 6.53. The maximum Gasteiger partial charge on any atom is 0.264 e. The first-order valence-electron chi connectivity index (χ1n) is 6.66. The fraction of sp³-hybridized carbons (Fsp3) is 0.125. The van der Waals surface area contributed by atoms with Gasteiger partial charge in [-0.05, 0) is 47.7 Å². The van der Waals surface area contributed by atoms with Gasteiger partial charge >= 0.3 is 0 Å². The molecule has 1 amide bonds. The van der Waals surface area contributed by atoms with E-state index in [0.717, 1.165) is 17.1 Å². The topological polar surface area (TPSA) is 63.8 Å². The molecule has 0 atom stereocenters. The highest BCUT2D eigenvalue weighted by Gasteiger charge is 2.23. The number of benzene rings is 1. The first kappa shape index (κ1) is 14.5. The summed E-state index contributed by atoms with van der Waals surface area (Å²) in [6.07, 6.45) is 3.43. The first-order chi connectivity index (χ1) is 10.7. The Labute approximate surface area is 132 Å². The van der Waals surface area contributed by atoms with E-state index in [1.54, 1.807) is 13.4 Å². The number of hydrogen-bond acceptors (Lipinski definition) is 5. The van der Waals surface area contributed by atoms with Crippen LogP contribution < -0.4 is 10.1 Å². The summed E-state index contributed by atoms with van der Waals surface area (Å²) < 4.78 is 10.3. The standard InChI is InChI=1S/C16H14N2O3S/c1-20-12-6-4-11(5-7-12)9-14-15(19)18-16(22-14)17-10-13-3-2-8-21-13/h2-9H,10H2,1H3,(H,17,18,19)/b14-9-. The van der Waals surface area contributed by atoms with Crippen LogP contribution in [0.15, 0.2) is 57.0 Å². The molecule has 5 nitrogen and oxygen atoms in total. The molecule has 0 saturated carbocycles. The molecule has 0 bridgehead atoms. The minimum Gasteiger partial charge on any atom is -0.497 e. The molecule has 1 aliphatic heterocycles. The Morgan fingerprint density at radius 3 is 2.82 bits per heavy atom. The van der Waals surface area contributed by atoms with Crippen molar-refractivity contribution in [3.8, 4) is 5.75 Å². The number of amidine groups is 1. The molecule has 6 heteroatoms. The number of ether oxygens (including phenoxy) is 1. The smallest absolute Gasteiger partial charge is 0.264 e. The molecule has 1 fully saturated rings. The predicted molar refractivity (Wildman–Crippen MR) is 86.6 cm³/mol. The van der Waals surface area contributed by atoms with Gasteiger partial charge in [0.25, 0.3) is 5.91 Å². The van der Waals surface area contributed by atoms with E-state index in [9.17, 15) is 4.79 Å². The second-order valence-electron chi connectivity index (χ2n) is 4.54. The van der Waals surface area contributed by atoms with Crippen molar-refractivity contribution < 1.29 is 13.9 Å². The zero-order valence-corrected chi connectivity index (χ0v) is 12.7. The summed E-state index contributed by atoms with van der Waals surface area (Å²) in [6, 6.07) is 11.2. The van der Waals surface area contributed by atoms with Gasteiger partial charge in [0.05, 0.1) is 24.8 Å². The largest absolute Gasteiger partial charge is 0.497 e. The van der Waals surface area contributed by atoms with Crippen LogP contribution >= 0.6 is 11.8 Å². The number of nitrogens with zero attached hydrogens (tertiary/aromatic N) is 1. The summed E-state index contributed by atoms with van der Waals surface area (Å²) in [7, 11) is 1.62. The van der Waals surface area contributed by atoms with Gasteiger partial charge in [0.1, 0.15) is 11.5 Å². The van der Waals surface area contributed by atoms with Gasteiger partial charge < -0.3 is 14.5 Å². The van der Waals surface area contributed by atoms with Gasteiger partial charge in [-0.3, -0.25) is 9.79 Å². The lowest BCUT2D eigenvalue weighted by Gasteiger charge is -1.99. The Hall–Kier alpha value is -2.47. The lowest BCUT2D eigenvalue weighted by atomic mass is 10.2. The molecule has 0 aliphatic carbocycles. The number of amides is 1. The molecule has 1 aromatic heterocycles. The molecule has 1 saturated heterocycles. The fourth-order valence-corrected chi connectivity index (χ4v) is 2.73. The molecule has 3 rings (SSSR count). The van der Waals surface area contributed by atoms with E-state index >= 15 is 0 Å². The predicted octanol–water partition coefficient (Wildman–Crippen LogP) is 3.05. The first-order valence-corrected chi connectivity index (χ1v) is 7.48. The van der Waals surface area contributed by atoms with Crippen LogP contribution in [0.2, 0.25) is 0 Å². The molecule has 2 heterocycles. The van der Waals surface area contributed by atoms with Crippen LogP contribution in [0.1, 0.15) is 11.3 Å². The van der Waals surface area contributed by atoms with Crippen molar-refractivity contribution >= 4 is 28.9 Å². The average molecular weight is 314 g/mol.